The number of rotatable bonds is 8. The number of hydrogen-bond acceptors (Lipinski definition) is 1. The first-order chi connectivity index (χ1) is 13.7. The van der Waals surface area contributed by atoms with Gasteiger partial charge in [0.25, 0.3) is 0 Å². The largest absolute Gasteiger partial charge is 0.348 e. The van der Waals surface area contributed by atoms with Crippen LogP contribution in [0, 0.1) is 0 Å². The molecule has 0 aliphatic heterocycles. The summed E-state index contributed by atoms with van der Waals surface area (Å²) in [4.78, 5) is 13.7. The Balaban J connectivity index is 1.97. The molecule has 0 bridgehead atoms. The summed E-state index contributed by atoms with van der Waals surface area (Å²) < 4.78 is 0. The molecule has 0 spiro atoms. The second-order valence-electron chi connectivity index (χ2n) is 7.44. The van der Waals surface area contributed by atoms with Gasteiger partial charge in [-0.3, -0.25) is 4.79 Å². The van der Waals surface area contributed by atoms with Crippen LogP contribution in [0.25, 0.3) is 0 Å². The number of nitrogens with one attached hydrogen (secondary N) is 1. The van der Waals surface area contributed by atoms with E-state index in [0.29, 0.717) is 0 Å². The lowest BCUT2D eigenvalue weighted by atomic mass is 9.75. The van der Waals surface area contributed by atoms with Gasteiger partial charge in [-0.2, -0.15) is 0 Å². The van der Waals surface area contributed by atoms with Crippen LogP contribution < -0.4 is 5.32 Å². The van der Waals surface area contributed by atoms with Crippen molar-refractivity contribution >= 4 is 5.91 Å². The van der Waals surface area contributed by atoms with Gasteiger partial charge in [0.2, 0.25) is 5.91 Å². The molecule has 144 valence electrons. The van der Waals surface area contributed by atoms with Gasteiger partial charge in [0, 0.05) is 0 Å². The van der Waals surface area contributed by atoms with Gasteiger partial charge in [0.1, 0.15) is 0 Å². The summed E-state index contributed by atoms with van der Waals surface area (Å²) in [6.45, 7) is 4.21. The molecule has 2 heteroatoms. The minimum Gasteiger partial charge on any atom is -0.348 e. The van der Waals surface area contributed by atoms with Crippen LogP contribution in [0.4, 0.5) is 0 Å². The molecular weight excluding hydrogens is 342 g/mol. The van der Waals surface area contributed by atoms with E-state index in [1.807, 2.05) is 85.8 Å². The van der Waals surface area contributed by atoms with Crippen LogP contribution in [0.3, 0.4) is 0 Å². The van der Waals surface area contributed by atoms with Gasteiger partial charge in [-0.15, -0.1) is 0 Å². The average Bonchev–Trinajstić information content (AvgIpc) is 2.77. The minimum atomic E-state index is -0.748. The van der Waals surface area contributed by atoms with E-state index >= 15 is 0 Å². The topological polar surface area (TPSA) is 29.1 Å². The first-order valence-corrected chi connectivity index (χ1v) is 10.1. The Morgan fingerprint density at radius 3 is 1.75 bits per heavy atom. The summed E-state index contributed by atoms with van der Waals surface area (Å²) >= 11 is 0. The highest BCUT2D eigenvalue weighted by atomic mass is 16.2. The van der Waals surface area contributed by atoms with E-state index in [0.717, 1.165) is 36.0 Å². The summed E-state index contributed by atoms with van der Waals surface area (Å²) in [6, 6.07) is 30.4. The van der Waals surface area contributed by atoms with Crippen LogP contribution in [0.1, 0.15) is 55.8 Å². The van der Waals surface area contributed by atoms with E-state index in [-0.39, 0.29) is 11.9 Å². The Hall–Kier alpha value is -2.87. The molecular formula is C26H29NO. The summed E-state index contributed by atoms with van der Waals surface area (Å²) in [6.07, 6.45) is 3.12. The highest BCUT2D eigenvalue weighted by Gasteiger charge is 2.38. The fraction of sp³-hybridized carbons (Fsp3) is 0.269. The van der Waals surface area contributed by atoms with Gasteiger partial charge in [0.05, 0.1) is 11.5 Å². The third-order valence-corrected chi connectivity index (χ3v) is 5.51. The fourth-order valence-corrected chi connectivity index (χ4v) is 3.69. The van der Waals surface area contributed by atoms with Crippen LogP contribution in [-0.2, 0) is 10.2 Å². The lowest BCUT2D eigenvalue weighted by Gasteiger charge is -2.32. The molecule has 0 heterocycles. The molecule has 3 aromatic carbocycles. The number of unbranched alkanes of at least 4 members (excludes halogenated alkanes) is 1. The molecule has 1 amide bonds. The summed E-state index contributed by atoms with van der Waals surface area (Å²) in [5, 5.41) is 3.37. The molecule has 0 saturated carbocycles. The maximum absolute atomic E-state index is 13.7. The van der Waals surface area contributed by atoms with Gasteiger partial charge < -0.3 is 5.32 Å². The Bertz CT molecular complexity index is 819. The van der Waals surface area contributed by atoms with Gasteiger partial charge in [-0.1, -0.05) is 111 Å². The number of benzene rings is 3. The van der Waals surface area contributed by atoms with Crippen molar-refractivity contribution in [2.45, 2.75) is 44.6 Å². The van der Waals surface area contributed by atoms with Crippen LogP contribution >= 0.6 is 0 Å². The average molecular weight is 372 g/mol. The van der Waals surface area contributed by atoms with Crippen molar-refractivity contribution in [3.8, 4) is 0 Å². The Labute approximate surface area is 168 Å². The zero-order chi connectivity index (χ0) is 19.8. The van der Waals surface area contributed by atoms with Crippen molar-refractivity contribution in [2.75, 3.05) is 0 Å². The number of amides is 1. The molecule has 3 rings (SSSR count). The second-order valence-corrected chi connectivity index (χ2v) is 7.44. The Kier molecular flexibility index (Phi) is 6.65. The maximum atomic E-state index is 13.7. The van der Waals surface area contributed by atoms with Gasteiger partial charge in [-0.05, 0) is 30.0 Å². The molecule has 0 aromatic heterocycles. The molecule has 0 saturated heterocycles. The Morgan fingerprint density at radius 1 is 0.821 bits per heavy atom. The van der Waals surface area contributed by atoms with Crippen molar-refractivity contribution < 1.29 is 4.79 Å². The SMILES string of the molecule is CCCC[C@H](NC(=O)C(C)(c1ccccc1)c1ccccc1)c1ccccc1. The molecule has 0 aliphatic rings. The van der Waals surface area contributed by atoms with E-state index in [4.69, 9.17) is 0 Å². The molecule has 0 fully saturated rings. The van der Waals surface area contributed by atoms with Crippen molar-refractivity contribution in [1.82, 2.24) is 5.32 Å². The molecule has 2 nitrogen and oxygen atoms in total. The first-order valence-electron chi connectivity index (χ1n) is 10.1. The van der Waals surface area contributed by atoms with Crippen LogP contribution in [0.2, 0.25) is 0 Å². The highest BCUT2D eigenvalue weighted by molar-refractivity contribution is 5.92. The van der Waals surface area contributed by atoms with Crippen molar-refractivity contribution in [3.63, 3.8) is 0 Å². The third-order valence-electron chi connectivity index (χ3n) is 5.51. The first kappa shape index (κ1) is 19.9. The van der Waals surface area contributed by atoms with Gasteiger partial charge in [-0.25, -0.2) is 0 Å². The van der Waals surface area contributed by atoms with E-state index in [1.165, 1.54) is 0 Å². The van der Waals surface area contributed by atoms with E-state index < -0.39 is 5.41 Å². The van der Waals surface area contributed by atoms with E-state index in [1.54, 1.807) is 0 Å². The molecule has 0 aliphatic carbocycles. The van der Waals surface area contributed by atoms with Crippen LogP contribution in [0.5, 0.6) is 0 Å². The zero-order valence-corrected chi connectivity index (χ0v) is 16.8. The second kappa shape index (κ2) is 9.36. The Morgan fingerprint density at radius 2 is 1.29 bits per heavy atom. The van der Waals surface area contributed by atoms with Crippen molar-refractivity contribution in [1.29, 1.82) is 0 Å². The standard InChI is InChI=1S/C26H29NO/c1-3-4-20-24(21-14-8-5-9-15-21)27-25(28)26(2,22-16-10-6-11-17-22)23-18-12-7-13-19-23/h5-19,24H,3-4,20H2,1-2H3,(H,27,28)/t24-/m0/s1. The van der Waals surface area contributed by atoms with Gasteiger partial charge in [0.15, 0.2) is 0 Å². The molecule has 1 atom stereocenters. The minimum absolute atomic E-state index is 0.0143. The van der Waals surface area contributed by atoms with Crippen LogP contribution in [0.15, 0.2) is 91.0 Å². The van der Waals surface area contributed by atoms with E-state index in [2.05, 4.69) is 24.4 Å². The van der Waals surface area contributed by atoms with Gasteiger partial charge >= 0.3 is 0 Å². The van der Waals surface area contributed by atoms with Crippen molar-refractivity contribution in [3.05, 3.63) is 108 Å². The predicted octanol–water partition coefficient (Wildman–Crippen LogP) is 6.04. The zero-order valence-electron chi connectivity index (χ0n) is 16.8. The summed E-state index contributed by atoms with van der Waals surface area (Å²) in [5.74, 6) is 0.0369. The lowest BCUT2D eigenvalue weighted by Crippen LogP contribution is -2.44. The third kappa shape index (κ3) is 4.33. The number of carbonyl (C=O) groups excluding carboxylic acids is 1. The molecule has 0 unspecified atom stereocenters. The normalized spacial score (nSPS) is 12.4. The number of carbonyl (C=O) groups is 1. The molecule has 3 aromatic rings. The quantitative estimate of drug-likeness (QED) is 0.514. The smallest absolute Gasteiger partial charge is 0.235 e. The maximum Gasteiger partial charge on any atom is 0.235 e. The summed E-state index contributed by atoms with van der Waals surface area (Å²) in [7, 11) is 0. The van der Waals surface area contributed by atoms with Crippen molar-refractivity contribution in [2.24, 2.45) is 0 Å². The fourth-order valence-electron chi connectivity index (χ4n) is 3.69. The molecule has 28 heavy (non-hydrogen) atoms. The highest BCUT2D eigenvalue weighted by Crippen LogP contribution is 2.33. The molecule has 0 radical (unpaired) electrons. The van der Waals surface area contributed by atoms with Crippen LogP contribution in [-0.4, -0.2) is 5.91 Å². The molecule has 1 N–H and O–H groups in total. The lowest BCUT2D eigenvalue weighted by molar-refractivity contribution is -0.125. The predicted molar refractivity (Wildman–Crippen MR) is 116 cm³/mol. The van der Waals surface area contributed by atoms with E-state index in [9.17, 15) is 4.79 Å². The number of hydrogen-bond donors (Lipinski definition) is 1. The summed E-state index contributed by atoms with van der Waals surface area (Å²) in [5.41, 5.74) is 2.41. The monoisotopic (exact) mass is 371 g/mol.